The maximum atomic E-state index is 12.7. The number of pyridine rings is 1. The summed E-state index contributed by atoms with van der Waals surface area (Å²) in [5.41, 5.74) is 1.79. The molecule has 1 aromatic carbocycles. The van der Waals surface area contributed by atoms with Gasteiger partial charge in [0.1, 0.15) is 5.82 Å². The van der Waals surface area contributed by atoms with Crippen LogP contribution in [0.4, 0.5) is 10.6 Å². The number of nitrogens with zero attached hydrogens (tertiary/aromatic N) is 4. The highest BCUT2D eigenvalue weighted by Gasteiger charge is 2.26. The number of morpholine rings is 1. The van der Waals surface area contributed by atoms with Crippen LogP contribution in [-0.4, -0.2) is 88.2 Å². The molecular formula is C23H32N6O4S. The highest BCUT2D eigenvalue weighted by atomic mass is 32.2. The van der Waals surface area contributed by atoms with Crippen LogP contribution in [0.2, 0.25) is 0 Å². The van der Waals surface area contributed by atoms with Crippen LogP contribution in [0, 0.1) is 0 Å². The maximum Gasteiger partial charge on any atom is 0.315 e. The molecule has 2 N–H and O–H groups in total. The Morgan fingerprint density at radius 2 is 1.65 bits per heavy atom. The first-order valence-corrected chi connectivity index (χ1v) is 12.9. The van der Waals surface area contributed by atoms with Gasteiger partial charge in [-0.2, -0.15) is 4.31 Å². The summed E-state index contributed by atoms with van der Waals surface area (Å²) in [5, 5.41) is 5.72. The van der Waals surface area contributed by atoms with Gasteiger partial charge in [-0.1, -0.05) is 18.2 Å². The number of hydrogen-bond acceptors (Lipinski definition) is 7. The van der Waals surface area contributed by atoms with Crippen LogP contribution in [0.5, 0.6) is 0 Å². The number of likely N-dealkylation sites (N-methyl/N-ethyl adjacent to an activating group) is 1. The molecular weight excluding hydrogens is 456 g/mol. The van der Waals surface area contributed by atoms with Crippen LogP contribution in [0.1, 0.15) is 11.1 Å². The number of sulfonamides is 1. The quantitative estimate of drug-likeness (QED) is 0.595. The monoisotopic (exact) mass is 488 g/mol. The van der Waals surface area contributed by atoms with Gasteiger partial charge in [-0.15, -0.1) is 0 Å². The molecule has 3 heterocycles. The van der Waals surface area contributed by atoms with Gasteiger partial charge in [-0.25, -0.2) is 18.2 Å². The van der Waals surface area contributed by atoms with E-state index in [1.165, 1.54) is 4.31 Å². The van der Waals surface area contributed by atoms with E-state index < -0.39 is 10.0 Å². The van der Waals surface area contributed by atoms with Gasteiger partial charge in [0.05, 0.1) is 18.1 Å². The fraction of sp³-hybridized carbons (Fsp3) is 0.478. The molecule has 34 heavy (non-hydrogen) atoms. The first-order valence-electron chi connectivity index (χ1n) is 11.5. The number of aromatic nitrogens is 1. The minimum absolute atomic E-state index is 0.246. The van der Waals surface area contributed by atoms with E-state index in [1.807, 2.05) is 12.1 Å². The van der Waals surface area contributed by atoms with Crippen molar-refractivity contribution in [3.8, 4) is 0 Å². The standard InChI is InChI=1S/C23H32N6O4S/c1-27-9-11-28(12-10-27)22-20(3-2-8-24-22)18-26-23(30)25-17-19-4-6-21(7-5-19)34(31,32)29-13-15-33-16-14-29/h2-8H,9-18H2,1H3,(H2,25,26,30). The molecule has 11 heteroatoms. The normalized spacial score (nSPS) is 18.0. The van der Waals surface area contributed by atoms with E-state index in [-0.39, 0.29) is 10.9 Å². The number of piperazine rings is 1. The smallest absolute Gasteiger partial charge is 0.315 e. The maximum absolute atomic E-state index is 12.7. The fourth-order valence-corrected chi connectivity index (χ4v) is 5.41. The summed E-state index contributed by atoms with van der Waals surface area (Å²) in [6.45, 7) is 5.98. The molecule has 0 unspecified atom stereocenters. The highest BCUT2D eigenvalue weighted by molar-refractivity contribution is 7.89. The Morgan fingerprint density at radius 1 is 0.971 bits per heavy atom. The second-order valence-corrected chi connectivity index (χ2v) is 10.4. The van der Waals surface area contributed by atoms with Crippen molar-refractivity contribution >= 4 is 21.9 Å². The van der Waals surface area contributed by atoms with Crippen molar-refractivity contribution < 1.29 is 17.9 Å². The summed E-state index contributed by atoms with van der Waals surface area (Å²) in [5.74, 6) is 0.910. The van der Waals surface area contributed by atoms with E-state index >= 15 is 0 Å². The Hall–Kier alpha value is -2.73. The van der Waals surface area contributed by atoms with E-state index in [9.17, 15) is 13.2 Å². The molecule has 4 rings (SSSR count). The molecule has 0 bridgehead atoms. The van der Waals surface area contributed by atoms with E-state index in [0.29, 0.717) is 39.4 Å². The molecule has 2 aliphatic heterocycles. The van der Waals surface area contributed by atoms with Crippen LogP contribution >= 0.6 is 0 Å². The average molecular weight is 489 g/mol. The molecule has 2 aromatic rings. The number of nitrogens with one attached hydrogen (secondary N) is 2. The van der Waals surface area contributed by atoms with Crippen LogP contribution < -0.4 is 15.5 Å². The summed E-state index contributed by atoms with van der Waals surface area (Å²) in [7, 11) is -1.41. The molecule has 0 aliphatic carbocycles. The molecule has 0 saturated carbocycles. The lowest BCUT2D eigenvalue weighted by Gasteiger charge is -2.34. The van der Waals surface area contributed by atoms with Crippen molar-refractivity contribution in [3.05, 3.63) is 53.7 Å². The Morgan fingerprint density at radius 3 is 2.35 bits per heavy atom. The lowest BCUT2D eigenvalue weighted by molar-refractivity contribution is 0.0730. The molecule has 2 fully saturated rings. The van der Waals surface area contributed by atoms with Gasteiger partial charge in [0.25, 0.3) is 0 Å². The molecule has 2 aliphatic rings. The summed E-state index contributed by atoms with van der Waals surface area (Å²) < 4.78 is 32.1. The van der Waals surface area contributed by atoms with E-state index in [2.05, 4.69) is 32.5 Å². The number of amides is 2. The number of carbonyl (C=O) groups is 1. The Bertz CT molecular complexity index is 1070. The van der Waals surface area contributed by atoms with Crippen molar-refractivity contribution in [2.45, 2.75) is 18.0 Å². The molecule has 2 saturated heterocycles. The summed E-state index contributed by atoms with van der Waals surface area (Å²) in [6, 6.07) is 10.2. The van der Waals surface area contributed by atoms with Crippen LogP contribution in [0.3, 0.4) is 0 Å². The second-order valence-electron chi connectivity index (χ2n) is 8.47. The van der Waals surface area contributed by atoms with E-state index in [1.54, 1.807) is 30.5 Å². The Labute approximate surface area is 200 Å². The van der Waals surface area contributed by atoms with Crippen molar-refractivity contribution in [1.82, 2.24) is 24.8 Å². The predicted octanol–water partition coefficient (Wildman–Crippen LogP) is 0.854. The third kappa shape index (κ3) is 6.03. The van der Waals surface area contributed by atoms with Crippen molar-refractivity contribution in [2.75, 3.05) is 64.4 Å². The van der Waals surface area contributed by atoms with Gasteiger partial charge < -0.3 is 25.2 Å². The molecule has 0 atom stereocenters. The minimum Gasteiger partial charge on any atom is -0.379 e. The number of urea groups is 1. The summed E-state index contributed by atoms with van der Waals surface area (Å²) >= 11 is 0. The second kappa shape index (κ2) is 11.1. The van der Waals surface area contributed by atoms with Gasteiger partial charge in [-0.3, -0.25) is 0 Å². The first-order chi connectivity index (χ1) is 16.4. The molecule has 1 aromatic heterocycles. The number of carbonyl (C=O) groups excluding carboxylic acids is 1. The highest BCUT2D eigenvalue weighted by Crippen LogP contribution is 2.19. The van der Waals surface area contributed by atoms with Crippen LogP contribution in [-0.2, 0) is 27.8 Å². The fourth-order valence-electron chi connectivity index (χ4n) is 4.01. The zero-order valence-corrected chi connectivity index (χ0v) is 20.3. The Balaban J connectivity index is 1.28. The number of rotatable bonds is 7. The number of ether oxygens (including phenoxy) is 1. The summed E-state index contributed by atoms with van der Waals surface area (Å²) in [6.07, 6.45) is 1.78. The van der Waals surface area contributed by atoms with Crippen LogP contribution in [0.25, 0.3) is 0 Å². The third-order valence-corrected chi connectivity index (χ3v) is 8.01. The third-order valence-electron chi connectivity index (χ3n) is 6.09. The number of anilines is 1. The van der Waals surface area contributed by atoms with Crippen molar-refractivity contribution in [2.24, 2.45) is 0 Å². The van der Waals surface area contributed by atoms with Gasteiger partial charge in [0, 0.05) is 64.1 Å². The molecule has 184 valence electrons. The topological polar surface area (TPSA) is 107 Å². The molecule has 0 radical (unpaired) electrons. The lowest BCUT2D eigenvalue weighted by Crippen LogP contribution is -2.45. The summed E-state index contributed by atoms with van der Waals surface area (Å²) in [4.78, 5) is 21.7. The van der Waals surface area contributed by atoms with E-state index in [4.69, 9.17) is 4.74 Å². The zero-order valence-electron chi connectivity index (χ0n) is 19.4. The lowest BCUT2D eigenvalue weighted by atomic mass is 10.2. The van der Waals surface area contributed by atoms with Gasteiger partial charge in [-0.05, 0) is 30.8 Å². The predicted molar refractivity (Wildman–Crippen MR) is 129 cm³/mol. The van der Waals surface area contributed by atoms with Gasteiger partial charge in [0.2, 0.25) is 10.0 Å². The van der Waals surface area contributed by atoms with Gasteiger partial charge >= 0.3 is 6.03 Å². The number of benzene rings is 1. The molecule has 10 nitrogen and oxygen atoms in total. The van der Waals surface area contributed by atoms with E-state index in [0.717, 1.165) is 43.1 Å². The molecule has 2 amide bonds. The SMILES string of the molecule is CN1CCN(c2ncccc2CNC(=O)NCc2ccc(S(=O)(=O)N3CCOCC3)cc2)CC1. The average Bonchev–Trinajstić information content (AvgIpc) is 2.88. The Kier molecular flexibility index (Phi) is 7.99. The first kappa shape index (κ1) is 24.4. The number of hydrogen-bond donors (Lipinski definition) is 2. The van der Waals surface area contributed by atoms with Crippen molar-refractivity contribution in [3.63, 3.8) is 0 Å². The minimum atomic E-state index is -3.52. The van der Waals surface area contributed by atoms with Crippen molar-refractivity contribution in [1.29, 1.82) is 0 Å². The molecule has 0 spiro atoms. The van der Waals surface area contributed by atoms with Gasteiger partial charge in [0.15, 0.2) is 0 Å². The zero-order chi connectivity index (χ0) is 24.0. The largest absolute Gasteiger partial charge is 0.379 e. The van der Waals surface area contributed by atoms with Crippen LogP contribution in [0.15, 0.2) is 47.5 Å².